The van der Waals surface area contributed by atoms with E-state index in [1.54, 1.807) is 0 Å². The van der Waals surface area contributed by atoms with Crippen molar-refractivity contribution in [2.45, 2.75) is 52.9 Å². The quantitative estimate of drug-likeness (QED) is 0.321. The number of nitrogens with one attached hydrogen (secondary N) is 3. The molecule has 1 aliphatic rings. The second-order valence-corrected chi connectivity index (χ2v) is 6.67. The number of rotatable bonds is 10. The molecule has 0 unspecified atom stereocenters. The van der Waals surface area contributed by atoms with Gasteiger partial charge >= 0.3 is 0 Å². The van der Waals surface area contributed by atoms with Gasteiger partial charge in [0.15, 0.2) is 5.96 Å². The third-order valence-electron chi connectivity index (χ3n) is 4.34. The standard InChI is InChI=1S/C18H37N5O/c1-4-10-20-17(24)7-12-22-18(19-5-2)21-11-6-13-23-14-8-16(3)9-15-23/h16H,4-15H2,1-3H3,(H,20,24)(H2,19,21,22). The Morgan fingerprint density at radius 2 is 1.88 bits per heavy atom. The summed E-state index contributed by atoms with van der Waals surface area (Å²) in [7, 11) is 0. The second-order valence-electron chi connectivity index (χ2n) is 6.67. The molecule has 1 aliphatic heterocycles. The summed E-state index contributed by atoms with van der Waals surface area (Å²) in [5.74, 6) is 1.80. The second kappa shape index (κ2) is 13.0. The molecule has 1 amide bonds. The maximum absolute atomic E-state index is 11.6. The lowest BCUT2D eigenvalue weighted by Gasteiger charge is -2.29. The number of guanidine groups is 1. The molecule has 1 rings (SSSR count). The van der Waals surface area contributed by atoms with E-state index in [0.717, 1.165) is 50.9 Å². The lowest BCUT2D eigenvalue weighted by molar-refractivity contribution is -0.120. The smallest absolute Gasteiger partial charge is 0.221 e. The van der Waals surface area contributed by atoms with Crippen LogP contribution < -0.4 is 16.0 Å². The first-order valence-corrected chi connectivity index (χ1v) is 9.66. The normalized spacial score (nSPS) is 16.9. The minimum absolute atomic E-state index is 0.0968. The first kappa shape index (κ1) is 20.7. The van der Waals surface area contributed by atoms with E-state index < -0.39 is 0 Å². The number of carbonyl (C=O) groups is 1. The predicted molar refractivity (Wildman–Crippen MR) is 101 cm³/mol. The van der Waals surface area contributed by atoms with E-state index in [4.69, 9.17) is 0 Å². The van der Waals surface area contributed by atoms with Gasteiger partial charge in [-0.1, -0.05) is 13.8 Å². The fourth-order valence-electron chi connectivity index (χ4n) is 2.76. The molecule has 0 aromatic heterocycles. The Labute approximate surface area is 147 Å². The maximum Gasteiger partial charge on any atom is 0.221 e. The molecule has 140 valence electrons. The number of amides is 1. The van der Waals surface area contributed by atoms with Crippen molar-refractivity contribution in [1.29, 1.82) is 0 Å². The number of carbonyl (C=O) groups excluding carboxylic acids is 1. The van der Waals surface area contributed by atoms with Gasteiger partial charge in [-0.25, -0.2) is 0 Å². The zero-order valence-electron chi connectivity index (χ0n) is 15.9. The van der Waals surface area contributed by atoms with E-state index in [1.165, 1.54) is 25.9 Å². The van der Waals surface area contributed by atoms with E-state index in [9.17, 15) is 4.79 Å². The maximum atomic E-state index is 11.6. The van der Waals surface area contributed by atoms with Gasteiger partial charge in [0.05, 0.1) is 0 Å². The monoisotopic (exact) mass is 339 g/mol. The van der Waals surface area contributed by atoms with Crippen molar-refractivity contribution in [2.24, 2.45) is 10.9 Å². The molecule has 1 saturated heterocycles. The van der Waals surface area contributed by atoms with E-state index in [0.29, 0.717) is 13.0 Å². The molecule has 1 fully saturated rings. The van der Waals surface area contributed by atoms with Crippen LogP contribution in [0.25, 0.3) is 0 Å². The van der Waals surface area contributed by atoms with Gasteiger partial charge in [0.25, 0.3) is 0 Å². The lowest BCUT2D eigenvalue weighted by Crippen LogP contribution is -2.39. The molecule has 0 bridgehead atoms. The van der Waals surface area contributed by atoms with E-state index >= 15 is 0 Å². The van der Waals surface area contributed by atoms with Gasteiger partial charge in [0, 0.05) is 32.6 Å². The lowest BCUT2D eigenvalue weighted by atomic mass is 9.99. The van der Waals surface area contributed by atoms with E-state index in [2.05, 4.69) is 46.6 Å². The van der Waals surface area contributed by atoms with Crippen LogP contribution in [-0.2, 0) is 4.79 Å². The molecular weight excluding hydrogens is 302 g/mol. The summed E-state index contributed by atoms with van der Waals surface area (Å²) < 4.78 is 0. The van der Waals surface area contributed by atoms with Gasteiger partial charge in [-0.15, -0.1) is 0 Å². The number of hydrogen-bond acceptors (Lipinski definition) is 3. The van der Waals surface area contributed by atoms with Crippen molar-refractivity contribution in [3.05, 3.63) is 0 Å². The van der Waals surface area contributed by atoms with Crippen LogP contribution >= 0.6 is 0 Å². The SMILES string of the molecule is CCCNC(=O)CCNC(=NCCCN1CCC(C)CC1)NCC. The molecule has 0 aromatic carbocycles. The summed E-state index contributed by atoms with van der Waals surface area (Å²) in [6, 6.07) is 0. The van der Waals surface area contributed by atoms with Gasteiger partial charge in [0.1, 0.15) is 0 Å². The largest absolute Gasteiger partial charge is 0.357 e. The highest BCUT2D eigenvalue weighted by Crippen LogP contribution is 2.15. The van der Waals surface area contributed by atoms with Crippen molar-refractivity contribution < 1.29 is 4.79 Å². The average molecular weight is 340 g/mol. The van der Waals surface area contributed by atoms with Crippen molar-refractivity contribution in [3.8, 4) is 0 Å². The molecule has 1 heterocycles. The van der Waals surface area contributed by atoms with Crippen LogP contribution in [-0.4, -0.2) is 62.6 Å². The van der Waals surface area contributed by atoms with Gasteiger partial charge in [-0.3, -0.25) is 9.79 Å². The Morgan fingerprint density at radius 3 is 2.54 bits per heavy atom. The third kappa shape index (κ3) is 9.75. The number of aliphatic imine (C=N–C) groups is 1. The summed E-state index contributed by atoms with van der Waals surface area (Å²) >= 11 is 0. The highest BCUT2D eigenvalue weighted by atomic mass is 16.1. The van der Waals surface area contributed by atoms with Gasteiger partial charge in [-0.2, -0.15) is 0 Å². The van der Waals surface area contributed by atoms with Gasteiger partial charge in [-0.05, 0) is 58.2 Å². The van der Waals surface area contributed by atoms with E-state index in [-0.39, 0.29) is 5.91 Å². The molecule has 0 radical (unpaired) electrons. The van der Waals surface area contributed by atoms with Crippen LogP contribution in [0, 0.1) is 5.92 Å². The minimum atomic E-state index is 0.0968. The summed E-state index contributed by atoms with van der Waals surface area (Å²) in [6.07, 6.45) is 5.19. The van der Waals surface area contributed by atoms with Crippen LogP contribution in [0.5, 0.6) is 0 Å². The van der Waals surface area contributed by atoms with Crippen molar-refractivity contribution in [3.63, 3.8) is 0 Å². The molecule has 6 nitrogen and oxygen atoms in total. The van der Waals surface area contributed by atoms with Crippen LogP contribution in [0.3, 0.4) is 0 Å². The van der Waals surface area contributed by atoms with Gasteiger partial charge in [0.2, 0.25) is 5.91 Å². The topological polar surface area (TPSA) is 68.8 Å². The Balaban J connectivity index is 2.18. The molecule has 0 atom stereocenters. The first-order valence-electron chi connectivity index (χ1n) is 9.66. The summed E-state index contributed by atoms with van der Waals surface area (Å²) in [6.45, 7) is 13.1. The Bertz CT molecular complexity index is 364. The highest BCUT2D eigenvalue weighted by molar-refractivity contribution is 5.81. The van der Waals surface area contributed by atoms with Crippen LogP contribution in [0.2, 0.25) is 0 Å². The Hall–Kier alpha value is -1.30. The van der Waals surface area contributed by atoms with Crippen molar-refractivity contribution in [1.82, 2.24) is 20.9 Å². The van der Waals surface area contributed by atoms with Crippen LogP contribution in [0.1, 0.15) is 52.9 Å². The number of piperidine rings is 1. The molecule has 3 N–H and O–H groups in total. The molecule has 0 aromatic rings. The summed E-state index contributed by atoms with van der Waals surface area (Å²) in [5.41, 5.74) is 0. The number of hydrogen-bond donors (Lipinski definition) is 3. The van der Waals surface area contributed by atoms with Crippen LogP contribution in [0.15, 0.2) is 4.99 Å². The Morgan fingerprint density at radius 1 is 1.12 bits per heavy atom. The summed E-state index contributed by atoms with van der Waals surface area (Å²) in [4.78, 5) is 18.7. The first-order chi connectivity index (χ1) is 11.7. The minimum Gasteiger partial charge on any atom is -0.357 e. The molecule has 0 saturated carbocycles. The molecular formula is C18H37N5O. The fourth-order valence-corrected chi connectivity index (χ4v) is 2.76. The Kier molecular flexibility index (Phi) is 11.3. The molecule has 24 heavy (non-hydrogen) atoms. The number of nitrogens with zero attached hydrogens (tertiary/aromatic N) is 2. The average Bonchev–Trinajstić information content (AvgIpc) is 2.58. The van der Waals surface area contributed by atoms with Crippen LogP contribution in [0.4, 0.5) is 0 Å². The van der Waals surface area contributed by atoms with Crippen molar-refractivity contribution >= 4 is 11.9 Å². The third-order valence-corrected chi connectivity index (χ3v) is 4.34. The predicted octanol–water partition coefficient (Wildman–Crippen LogP) is 1.58. The van der Waals surface area contributed by atoms with Gasteiger partial charge < -0.3 is 20.9 Å². The molecule has 0 spiro atoms. The van der Waals surface area contributed by atoms with E-state index in [1.807, 2.05) is 0 Å². The fraction of sp³-hybridized carbons (Fsp3) is 0.889. The molecule has 6 heteroatoms. The molecule has 0 aliphatic carbocycles. The zero-order valence-corrected chi connectivity index (χ0v) is 15.9. The van der Waals surface area contributed by atoms with Crippen molar-refractivity contribution in [2.75, 3.05) is 45.8 Å². The highest BCUT2D eigenvalue weighted by Gasteiger charge is 2.14. The summed E-state index contributed by atoms with van der Waals surface area (Å²) in [5, 5.41) is 9.36. The number of likely N-dealkylation sites (tertiary alicyclic amines) is 1. The zero-order chi connectivity index (χ0) is 17.6.